The molecule has 0 saturated carbocycles. The Hall–Kier alpha value is -0.830. The molecule has 0 aromatic heterocycles. The van der Waals surface area contributed by atoms with Gasteiger partial charge in [0, 0.05) is 47.0 Å². The average molecular weight is 470 g/mol. The van der Waals surface area contributed by atoms with Crippen molar-refractivity contribution in [3.05, 3.63) is 63.1 Å². The molecule has 0 fully saturated rings. The molecule has 2 aromatic rings. The van der Waals surface area contributed by atoms with Crippen molar-refractivity contribution in [3.63, 3.8) is 0 Å². The van der Waals surface area contributed by atoms with Crippen molar-refractivity contribution < 1.29 is 9.47 Å². The fourth-order valence-electron chi connectivity index (χ4n) is 3.55. The number of rotatable bonds is 11. The van der Waals surface area contributed by atoms with Crippen LogP contribution in [0, 0.1) is 0 Å². The van der Waals surface area contributed by atoms with E-state index in [1.165, 1.54) is 21.6 Å². The number of likely N-dealkylation sites (N-methyl/N-ethyl adjacent to an activating group) is 1. The average Bonchev–Trinajstić information content (AvgIpc) is 2.73. The molecule has 30 heavy (non-hydrogen) atoms. The molecule has 164 valence electrons. The van der Waals surface area contributed by atoms with Crippen LogP contribution in [0.1, 0.15) is 22.6 Å². The minimum Gasteiger partial charge on any atom is -0.378 e. The van der Waals surface area contributed by atoms with Crippen molar-refractivity contribution in [1.82, 2.24) is 9.62 Å². The molecule has 0 radical (unpaired) electrons. The summed E-state index contributed by atoms with van der Waals surface area (Å²) in [5, 5.41) is 1.44. The fraction of sp³-hybridized carbons (Fsp3) is 0.455. The lowest BCUT2D eigenvalue weighted by Crippen LogP contribution is -2.31. The molecule has 0 saturated heterocycles. The van der Waals surface area contributed by atoms with E-state index in [9.17, 15) is 0 Å². The van der Waals surface area contributed by atoms with Gasteiger partial charge >= 0.3 is 0 Å². The standard InChI is InChI=1S/C22H29Cl2N3O2S/c1-27-14-20(19-12-17(23)13-22(24)21(19)15-27)16-2-4-18(5-3-16)30-26-7-9-29-11-10-28-8-6-25/h2-5,12-13,20,26H,6-11,14-15,25H2,1H3. The molecule has 0 amide bonds. The summed E-state index contributed by atoms with van der Waals surface area (Å²) in [6, 6.07) is 12.6. The van der Waals surface area contributed by atoms with Crippen molar-refractivity contribution in [2.45, 2.75) is 17.4 Å². The second-order valence-electron chi connectivity index (χ2n) is 7.28. The monoisotopic (exact) mass is 469 g/mol. The van der Waals surface area contributed by atoms with E-state index < -0.39 is 0 Å². The summed E-state index contributed by atoms with van der Waals surface area (Å²) in [5.41, 5.74) is 9.04. The van der Waals surface area contributed by atoms with Gasteiger partial charge in [-0.05, 0) is 60.0 Å². The van der Waals surface area contributed by atoms with Gasteiger partial charge in [-0.15, -0.1) is 0 Å². The Kier molecular flexibility index (Phi) is 9.74. The summed E-state index contributed by atoms with van der Waals surface area (Å²) in [6.07, 6.45) is 0. The Morgan fingerprint density at radius 1 is 1.10 bits per heavy atom. The molecule has 1 unspecified atom stereocenters. The molecule has 1 atom stereocenters. The van der Waals surface area contributed by atoms with Crippen LogP contribution in [0.2, 0.25) is 10.0 Å². The fourth-order valence-corrected chi connectivity index (χ4v) is 4.75. The highest BCUT2D eigenvalue weighted by Gasteiger charge is 2.27. The summed E-state index contributed by atoms with van der Waals surface area (Å²) in [7, 11) is 2.13. The molecule has 0 bridgehead atoms. The van der Waals surface area contributed by atoms with E-state index in [1.807, 2.05) is 6.07 Å². The van der Waals surface area contributed by atoms with E-state index in [0.29, 0.717) is 38.0 Å². The third-order valence-corrected chi connectivity index (χ3v) is 6.36. The molecular formula is C22H29Cl2N3O2S. The van der Waals surface area contributed by atoms with Crippen molar-refractivity contribution in [3.8, 4) is 0 Å². The molecule has 1 heterocycles. The highest BCUT2D eigenvalue weighted by atomic mass is 35.5. The van der Waals surface area contributed by atoms with Gasteiger partial charge in [0.15, 0.2) is 0 Å². The number of benzene rings is 2. The van der Waals surface area contributed by atoms with Crippen molar-refractivity contribution in [2.24, 2.45) is 5.73 Å². The summed E-state index contributed by atoms with van der Waals surface area (Å²) in [5.74, 6) is 0.261. The Morgan fingerprint density at radius 2 is 1.83 bits per heavy atom. The smallest absolute Gasteiger partial charge is 0.0701 e. The summed E-state index contributed by atoms with van der Waals surface area (Å²) in [6.45, 7) is 5.50. The molecule has 5 nitrogen and oxygen atoms in total. The number of halogens is 2. The normalized spacial score (nSPS) is 16.6. The number of hydrogen-bond acceptors (Lipinski definition) is 6. The molecule has 1 aliphatic rings. The van der Waals surface area contributed by atoms with Crippen molar-refractivity contribution in [2.75, 3.05) is 53.1 Å². The van der Waals surface area contributed by atoms with Gasteiger partial charge < -0.3 is 20.1 Å². The number of ether oxygens (including phenoxy) is 2. The van der Waals surface area contributed by atoms with Gasteiger partial charge in [0.25, 0.3) is 0 Å². The maximum Gasteiger partial charge on any atom is 0.0701 e. The zero-order valence-corrected chi connectivity index (χ0v) is 19.5. The first-order valence-corrected chi connectivity index (χ1v) is 11.7. The number of hydrogen-bond donors (Lipinski definition) is 2. The SMILES string of the molecule is CN1Cc2c(Cl)cc(Cl)cc2C(c2ccc(SNCCOCCOCCN)cc2)C1. The van der Waals surface area contributed by atoms with Crippen LogP contribution in [-0.4, -0.2) is 58.0 Å². The highest BCUT2D eigenvalue weighted by Crippen LogP contribution is 2.38. The van der Waals surface area contributed by atoms with Gasteiger partial charge in [-0.2, -0.15) is 0 Å². The minimum atomic E-state index is 0.261. The van der Waals surface area contributed by atoms with Crippen molar-refractivity contribution >= 4 is 35.1 Å². The van der Waals surface area contributed by atoms with Crippen LogP contribution in [-0.2, 0) is 16.0 Å². The zero-order chi connectivity index (χ0) is 21.3. The van der Waals surface area contributed by atoms with Gasteiger partial charge in [0.05, 0.1) is 26.4 Å². The van der Waals surface area contributed by atoms with E-state index >= 15 is 0 Å². The predicted molar refractivity (Wildman–Crippen MR) is 126 cm³/mol. The first-order valence-electron chi connectivity index (χ1n) is 10.1. The molecule has 1 aliphatic heterocycles. The lowest BCUT2D eigenvalue weighted by molar-refractivity contribution is 0.0532. The second-order valence-corrected chi connectivity index (χ2v) is 9.09. The second kappa shape index (κ2) is 12.3. The van der Waals surface area contributed by atoms with Gasteiger partial charge in [0.1, 0.15) is 0 Å². The third kappa shape index (κ3) is 6.84. The van der Waals surface area contributed by atoms with Crippen LogP contribution >= 0.6 is 35.1 Å². The lowest BCUT2D eigenvalue weighted by atomic mass is 9.85. The van der Waals surface area contributed by atoms with E-state index in [-0.39, 0.29) is 5.92 Å². The summed E-state index contributed by atoms with van der Waals surface area (Å²) >= 11 is 14.4. The van der Waals surface area contributed by atoms with Gasteiger partial charge in [-0.1, -0.05) is 35.3 Å². The van der Waals surface area contributed by atoms with Crippen LogP contribution in [0.5, 0.6) is 0 Å². The highest BCUT2D eigenvalue weighted by molar-refractivity contribution is 7.97. The maximum atomic E-state index is 6.47. The van der Waals surface area contributed by atoms with E-state index in [0.717, 1.165) is 24.7 Å². The molecule has 3 rings (SSSR count). The van der Waals surface area contributed by atoms with Crippen LogP contribution in [0.15, 0.2) is 41.3 Å². The third-order valence-electron chi connectivity index (χ3n) is 4.95. The number of fused-ring (bicyclic) bond motifs is 1. The van der Waals surface area contributed by atoms with E-state index in [2.05, 4.69) is 47.0 Å². The minimum absolute atomic E-state index is 0.261. The van der Waals surface area contributed by atoms with Gasteiger partial charge in [0.2, 0.25) is 0 Å². The molecule has 0 aliphatic carbocycles. The maximum absolute atomic E-state index is 6.47. The largest absolute Gasteiger partial charge is 0.378 e. The molecule has 0 spiro atoms. The first kappa shape index (κ1) is 23.8. The summed E-state index contributed by atoms with van der Waals surface area (Å²) in [4.78, 5) is 3.47. The van der Waals surface area contributed by atoms with Crippen molar-refractivity contribution in [1.29, 1.82) is 0 Å². The molecule has 3 N–H and O–H groups in total. The number of nitrogens with zero attached hydrogens (tertiary/aromatic N) is 1. The van der Waals surface area contributed by atoms with Crippen LogP contribution in [0.25, 0.3) is 0 Å². The molecule has 2 aromatic carbocycles. The van der Waals surface area contributed by atoms with Gasteiger partial charge in [-0.3, -0.25) is 4.72 Å². The zero-order valence-electron chi connectivity index (χ0n) is 17.2. The number of nitrogens with two attached hydrogens (primary N) is 1. The molecular weight excluding hydrogens is 441 g/mol. The number of nitrogens with one attached hydrogen (secondary N) is 1. The Morgan fingerprint density at radius 3 is 2.57 bits per heavy atom. The van der Waals surface area contributed by atoms with E-state index in [4.69, 9.17) is 38.4 Å². The van der Waals surface area contributed by atoms with E-state index in [1.54, 1.807) is 11.9 Å². The predicted octanol–water partition coefficient (Wildman–Crippen LogP) is 4.16. The quantitative estimate of drug-likeness (QED) is 0.380. The van der Waals surface area contributed by atoms with Crippen LogP contribution < -0.4 is 10.5 Å². The lowest BCUT2D eigenvalue weighted by Gasteiger charge is -2.33. The summed E-state index contributed by atoms with van der Waals surface area (Å²) < 4.78 is 14.1. The molecule has 8 heteroatoms. The van der Waals surface area contributed by atoms with Crippen LogP contribution in [0.3, 0.4) is 0 Å². The Bertz CT molecular complexity index is 808. The topological polar surface area (TPSA) is 59.8 Å². The Labute approximate surface area is 193 Å². The first-order chi connectivity index (χ1) is 14.6. The Balaban J connectivity index is 1.50. The van der Waals surface area contributed by atoms with Crippen LogP contribution in [0.4, 0.5) is 0 Å². The van der Waals surface area contributed by atoms with Gasteiger partial charge in [-0.25, -0.2) is 0 Å².